The third-order valence-corrected chi connectivity index (χ3v) is 2.81. The molecule has 0 saturated carbocycles. The fourth-order valence-corrected chi connectivity index (χ4v) is 1.90. The summed E-state index contributed by atoms with van der Waals surface area (Å²) in [7, 11) is 1.84. The minimum Gasteiger partial charge on any atom is -0.390 e. The Morgan fingerprint density at radius 3 is 2.38 bits per heavy atom. The molecule has 2 atom stereocenters. The standard InChI is InChI=1S/C13H22N2O/c1-3-4-10-5-7-11(8-6-10)13(15-2)12(16)9-14/h5-8,12-13,15-16H,3-4,9,14H2,1-2H3. The predicted octanol–water partition coefficient (Wildman–Crippen LogP) is 1.22. The summed E-state index contributed by atoms with van der Waals surface area (Å²) in [4.78, 5) is 0. The van der Waals surface area contributed by atoms with Gasteiger partial charge in [-0.05, 0) is 24.6 Å². The summed E-state index contributed by atoms with van der Waals surface area (Å²) in [6.07, 6.45) is 1.71. The molecule has 0 spiro atoms. The number of benzene rings is 1. The zero-order valence-corrected chi connectivity index (χ0v) is 10.1. The van der Waals surface area contributed by atoms with Crippen molar-refractivity contribution in [3.63, 3.8) is 0 Å². The van der Waals surface area contributed by atoms with Crippen LogP contribution >= 0.6 is 0 Å². The largest absolute Gasteiger partial charge is 0.390 e. The second kappa shape index (κ2) is 6.63. The Morgan fingerprint density at radius 2 is 1.94 bits per heavy atom. The summed E-state index contributed by atoms with van der Waals surface area (Å²) in [6, 6.07) is 8.27. The van der Waals surface area contributed by atoms with Gasteiger partial charge in [0.1, 0.15) is 0 Å². The highest BCUT2D eigenvalue weighted by Gasteiger charge is 2.17. The number of hydrogen-bond donors (Lipinski definition) is 3. The van der Waals surface area contributed by atoms with Crippen molar-refractivity contribution in [3.05, 3.63) is 35.4 Å². The van der Waals surface area contributed by atoms with Gasteiger partial charge in [-0.1, -0.05) is 37.6 Å². The van der Waals surface area contributed by atoms with E-state index in [0.717, 1.165) is 18.4 Å². The Bertz CT molecular complexity index is 297. The molecule has 0 fully saturated rings. The second-order valence-electron chi connectivity index (χ2n) is 4.06. The van der Waals surface area contributed by atoms with Crippen molar-refractivity contribution in [2.75, 3.05) is 13.6 Å². The second-order valence-corrected chi connectivity index (χ2v) is 4.06. The van der Waals surface area contributed by atoms with Crippen LogP contribution < -0.4 is 11.1 Å². The van der Waals surface area contributed by atoms with Gasteiger partial charge in [0.2, 0.25) is 0 Å². The van der Waals surface area contributed by atoms with E-state index < -0.39 is 6.10 Å². The third-order valence-electron chi connectivity index (χ3n) is 2.81. The molecule has 16 heavy (non-hydrogen) atoms. The minimum atomic E-state index is -0.540. The molecule has 1 aromatic rings. The number of aryl methyl sites for hydroxylation is 1. The molecule has 0 heterocycles. The van der Waals surface area contributed by atoms with Gasteiger partial charge in [0.05, 0.1) is 12.1 Å². The first kappa shape index (κ1) is 13.2. The first-order valence-electron chi connectivity index (χ1n) is 5.87. The summed E-state index contributed by atoms with van der Waals surface area (Å²) >= 11 is 0. The normalized spacial score (nSPS) is 14.8. The van der Waals surface area contributed by atoms with Gasteiger partial charge in [0, 0.05) is 6.54 Å². The minimum absolute atomic E-state index is 0.0827. The van der Waals surface area contributed by atoms with E-state index in [-0.39, 0.29) is 12.6 Å². The van der Waals surface area contributed by atoms with Crippen molar-refractivity contribution in [3.8, 4) is 0 Å². The zero-order chi connectivity index (χ0) is 12.0. The molecule has 0 aliphatic rings. The summed E-state index contributed by atoms with van der Waals surface area (Å²) in [5, 5.41) is 12.8. The number of nitrogens with two attached hydrogens (primary N) is 1. The van der Waals surface area contributed by atoms with Gasteiger partial charge in [-0.2, -0.15) is 0 Å². The molecule has 0 saturated heterocycles. The lowest BCUT2D eigenvalue weighted by Gasteiger charge is -2.21. The Hall–Kier alpha value is -0.900. The maximum Gasteiger partial charge on any atom is 0.0856 e. The quantitative estimate of drug-likeness (QED) is 0.678. The fourth-order valence-electron chi connectivity index (χ4n) is 1.90. The van der Waals surface area contributed by atoms with Crippen LogP contribution in [-0.2, 0) is 6.42 Å². The van der Waals surface area contributed by atoms with E-state index >= 15 is 0 Å². The Kier molecular flexibility index (Phi) is 5.46. The third kappa shape index (κ3) is 3.30. The zero-order valence-electron chi connectivity index (χ0n) is 10.1. The van der Waals surface area contributed by atoms with Crippen molar-refractivity contribution in [2.45, 2.75) is 31.9 Å². The van der Waals surface area contributed by atoms with E-state index in [2.05, 4.69) is 36.5 Å². The molecule has 0 aliphatic heterocycles. The average Bonchev–Trinajstić information content (AvgIpc) is 2.32. The van der Waals surface area contributed by atoms with Gasteiger partial charge >= 0.3 is 0 Å². The summed E-state index contributed by atoms with van der Waals surface area (Å²) in [6.45, 7) is 2.44. The molecule has 1 aromatic carbocycles. The van der Waals surface area contributed by atoms with Crippen molar-refractivity contribution in [2.24, 2.45) is 5.73 Å². The van der Waals surface area contributed by atoms with E-state index in [0.29, 0.717) is 0 Å². The Balaban J connectivity index is 2.78. The van der Waals surface area contributed by atoms with Crippen molar-refractivity contribution >= 4 is 0 Å². The summed E-state index contributed by atoms with van der Waals surface area (Å²) < 4.78 is 0. The maximum absolute atomic E-state index is 9.76. The molecular formula is C13H22N2O. The molecule has 4 N–H and O–H groups in total. The molecule has 90 valence electrons. The smallest absolute Gasteiger partial charge is 0.0856 e. The summed E-state index contributed by atoms with van der Waals surface area (Å²) in [5.41, 5.74) is 7.89. The fraction of sp³-hybridized carbons (Fsp3) is 0.538. The van der Waals surface area contributed by atoms with Gasteiger partial charge in [0.25, 0.3) is 0 Å². The molecule has 1 rings (SSSR count). The van der Waals surface area contributed by atoms with E-state index in [4.69, 9.17) is 5.73 Å². The average molecular weight is 222 g/mol. The van der Waals surface area contributed by atoms with Crippen LogP contribution in [0.5, 0.6) is 0 Å². The molecule has 3 nitrogen and oxygen atoms in total. The lowest BCUT2D eigenvalue weighted by atomic mass is 9.99. The van der Waals surface area contributed by atoms with Crippen molar-refractivity contribution < 1.29 is 5.11 Å². The van der Waals surface area contributed by atoms with Crippen molar-refractivity contribution in [1.29, 1.82) is 0 Å². The van der Waals surface area contributed by atoms with Crippen LogP contribution in [0.15, 0.2) is 24.3 Å². The predicted molar refractivity (Wildman–Crippen MR) is 67.3 cm³/mol. The molecule has 0 radical (unpaired) electrons. The van der Waals surface area contributed by atoms with Crippen LogP contribution in [0.2, 0.25) is 0 Å². The van der Waals surface area contributed by atoms with Crippen LogP contribution in [-0.4, -0.2) is 24.8 Å². The molecule has 0 amide bonds. The molecular weight excluding hydrogens is 200 g/mol. The number of hydrogen-bond acceptors (Lipinski definition) is 3. The molecule has 0 aliphatic carbocycles. The maximum atomic E-state index is 9.76. The van der Waals surface area contributed by atoms with Gasteiger partial charge in [0.15, 0.2) is 0 Å². The van der Waals surface area contributed by atoms with Crippen molar-refractivity contribution in [1.82, 2.24) is 5.32 Å². The van der Waals surface area contributed by atoms with E-state index in [1.165, 1.54) is 5.56 Å². The topological polar surface area (TPSA) is 58.3 Å². The van der Waals surface area contributed by atoms with E-state index in [1.54, 1.807) is 0 Å². The Labute approximate surface area is 97.7 Å². The van der Waals surface area contributed by atoms with Gasteiger partial charge < -0.3 is 16.2 Å². The van der Waals surface area contributed by atoms with Crippen LogP contribution in [0.25, 0.3) is 0 Å². The van der Waals surface area contributed by atoms with Crippen LogP contribution in [0.4, 0.5) is 0 Å². The first-order valence-corrected chi connectivity index (χ1v) is 5.87. The number of aliphatic hydroxyl groups is 1. The number of rotatable bonds is 6. The lowest BCUT2D eigenvalue weighted by Crippen LogP contribution is -2.34. The number of likely N-dealkylation sites (N-methyl/N-ethyl adjacent to an activating group) is 1. The van der Waals surface area contributed by atoms with Gasteiger partial charge in [-0.15, -0.1) is 0 Å². The van der Waals surface area contributed by atoms with Crippen LogP contribution in [0.3, 0.4) is 0 Å². The van der Waals surface area contributed by atoms with Crippen LogP contribution in [0.1, 0.15) is 30.5 Å². The highest BCUT2D eigenvalue weighted by atomic mass is 16.3. The monoisotopic (exact) mass is 222 g/mol. The highest BCUT2D eigenvalue weighted by Crippen LogP contribution is 2.17. The van der Waals surface area contributed by atoms with E-state index in [1.807, 2.05) is 7.05 Å². The van der Waals surface area contributed by atoms with Gasteiger partial charge in [-0.3, -0.25) is 0 Å². The van der Waals surface area contributed by atoms with E-state index in [9.17, 15) is 5.11 Å². The summed E-state index contributed by atoms with van der Waals surface area (Å²) in [5.74, 6) is 0. The molecule has 3 heteroatoms. The molecule has 0 bridgehead atoms. The first-order chi connectivity index (χ1) is 7.72. The van der Waals surface area contributed by atoms with Crippen LogP contribution in [0, 0.1) is 0 Å². The highest BCUT2D eigenvalue weighted by molar-refractivity contribution is 5.26. The lowest BCUT2D eigenvalue weighted by molar-refractivity contribution is 0.139. The number of nitrogens with one attached hydrogen (secondary N) is 1. The molecule has 2 unspecified atom stereocenters. The Morgan fingerprint density at radius 1 is 1.31 bits per heavy atom. The molecule has 0 aromatic heterocycles. The SMILES string of the molecule is CCCc1ccc(C(NC)C(O)CN)cc1. The number of aliphatic hydroxyl groups excluding tert-OH is 1. The van der Waals surface area contributed by atoms with Gasteiger partial charge in [-0.25, -0.2) is 0 Å².